The standard InChI is InChI=1S/C22H25F2N5O3S/c1-7-14(2)32-20-13-27-19(12-28-20)18(24)11-15-8-9-17(23)16(10-15)22(3,4)33(30,31)29(6)21(25)26-5/h1,8-14H,2-6H3,(H2,25,26)/b18-11-/t14-/m0/s1. The van der Waals surface area contributed by atoms with Crippen LogP contribution in [0.1, 0.15) is 37.6 Å². The van der Waals surface area contributed by atoms with Crippen LogP contribution in [-0.2, 0) is 14.8 Å². The zero-order chi connectivity index (χ0) is 25.0. The number of nitrogens with zero attached hydrogens (tertiary/aromatic N) is 4. The van der Waals surface area contributed by atoms with Gasteiger partial charge in [0.25, 0.3) is 0 Å². The van der Waals surface area contributed by atoms with E-state index in [0.29, 0.717) is 0 Å². The van der Waals surface area contributed by atoms with Crippen molar-refractivity contribution in [2.45, 2.75) is 31.6 Å². The third-order valence-corrected chi connectivity index (χ3v) is 7.31. The van der Waals surface area contributed by atoms with Crippen LogP contribution in [-0.4, -0.2) is 48.8 Å². The molecule has 1 aromatic carbocycles. The van der Waals surface area contributed by atoms with Crippen molar-refractivity contribution in [3.8, 4) is 18.2 Å². The molecule has 0 unspecified atom stereocenters. The molecular weight excluding hydrogens is 452 g/mol. The highest BCUT2D eigenvalue weighted by atomic mass is 32.2. The van der Waals surface area contributed by atoms with E-state index in [4.69, 9.17) is 16.9 Å². The first kappa shape index (κ1) is 25.7. The van der Waals surface area contributed by atoms with Crippen molar-refractivity contribution in [2.24, 2.45) is 10.7 Å². The fourth-order valence-electron chi connectivity index (χ4n) is 2.78. The monoisotopic (exact) mass is 477 g/mol. The number of halogens is 2. The van der Waals surface area contributed by atoms with E-state index in [0.717, 1.165) is 22.6 Å². The van der Waals surface area contributed by atoms with Gasteiger partial charge in [0.05, 0.1) is 12.4 Å². The number of ether oxygens (including phenoxy) is 1. The molecule has 0 aliphatic carbocycles. The number of benzene rings is 1. The summed E-state index contributed by atoms with van der Waals surface area (Å²) < 4.78 is 59.9. The van der Waals surface area contributed by atoms with Crippen molar-refractivity contribution in [3.05, 3.63) is 53.2 Å². The highest BCUT2D eigenvalue weighted by Gasteiger charge is 2.42. The van der Waals surface area contributed by atoms with Crippen molar-refractivity contribution in [2.75, 3.05) is 14.1 Å². The summed E-state index contributed by atoms with van der Waals surface area (Å²) in [6.07, 6.45) is 8.17. The van der Waals surface area contributed by atoms with Gasteiger partial charge in [0, 0.05) is 19.7 Å². The Labute approximate surface area is 192 Å². The van der Waals surface area contributed by atoms with Crippen molar-refractivity contribution in [3.63, 3.8) is 0 Å². The summed E-state index contributed by atoms with van der Waals surface area (Å²) in [5, 5.41) is 0. The summed E-state index contributed by atoms with van der Waals surface area (Å²) in [4.78, 5) is 11.5. The van der Waals surface area contributed by atoms with Gasteiger partial charge >= 0.3 is 0 Å². The molecule has 1 aromatic heterocycles. The van der Waals surface area contributed by atoms with Crippen molar-refractivity contribution >= 4 is 27.9 Å². The molecule has 11 heteroatoms. The van der Waals surface area contributed by atoms with E-state index in [-0.39, 0.29) is 28.7 Å². The average Bonchev–Trinajstić information content (AvgIpc) is 2.79. The molecule has 2 aromatic rings. The number of nitrogens with two attached hydrogens (primary N) is 1. The van der Waals surface area contributed by atoms with Crippen molar-refractivity contribution in [1.82, 2.24) is 14.3 Å². The van der Waals surface area contributed by atoms with Gasteiger partial charge in [-0.2, -0.15) is 0 Å². The number of sulfonamides is 1. The maximum absolute atomic E-state index is 14.8. The summed E-state index contributed by atoms with van der Waals surface area (Å²) in [6, 6.07) is 3.62. The molecule has 0 aliphatic heterocycles. The van der Waals surface area contributed by atoms with E-state index in [9.17, 15) is 17.2 Å². The van der Waals surface area contributed by atoms with Gasteiger partial charge in [0.2, 0.25) is 21.9 Å². The molecule has 0 spiro atoms. The fraction of sp³-hybridized carbons (Fsp3) is 0.318. The van der Waals surface area contributed by atoms with E-state index in [1.807, 2.05) is 0 Å². The van der Waals surface area contributed by atoms with Crippen LogP contribution in [0.5, 0.6) is 5.88 Å². The third kappa shape index (κ3) is 5.46. The molecule has 2 N–H and O–H groups in total. The van der Waals surface area contributed by atoms with Crippen molar-refractivity contribution in [1.29, 1.82) is 0 Å². The Kier molecular flexibility index (Phi) is 7.76. The van der Waals surface area contributed by atoms with Crippen LogP contribution >= 0.6 is 0 Å². The lowest BCUT2D eigenvalue weighted by molar-refractivity contribution is 0.266. The predicted octanol–water partition coefficient (Wildman–Crippen LogP) is 2.93. The number of rotatable bonds is 7. The maximum Gasteiger partial charge on any atom is 0.246 e. The number of aromatic nitrogens is 2. The van der Waals surface area contributed by atoms with Gasteiger partial charge in [-0.05, 0) is 44.5 Å². The Hall–Kier alpha value is -3.52. The van der Waals surface area contributed by atoms with E-state index in [1.165, 1.54) is 46.3 Å². The van der Waals surface area contributed by atoms with Gasteiger partial charge < -0.3 is 10.5 Å². The fourth-order valence-corrected chi connectivity index (χ4v) is 4.22. The van der Waals surface area contributed by atoms with Crippen LogP contribution in [0.15, 0.2) is 35.6 Å². The van der Waals surface area contributed by atoms with Crippen LogP contribution < -0.4 is 10.5 Å². The van der Waals surface area contributed by atoms with E-state index < -0.39 is 32.5 Å². The molecule has 0 amide bonds. The maximum atomic E-state index is 14.8. The largest absolute Gasteiger partial charge is 0.460 e. The summed E-state index contributed by atoms with van der Waals surface area (Å²) in [5.41, 5.74) is 5.59. The molecular formula is C22H25F2N5O3S. The third-order valence-electron chi connectivity index (χ3n) is 4.89. The lowest BCUT2D eigenvalue weighted by Crippen LogP contribution is -2.47. The summed E-state index contributed by atoms with van der Waals surface area (Å²) in [7, 11) is -1.61. The minimum absolute atomic E-state index is 0.0971. The highest BCUT2D eigenvalue weighted by molar-refractivity contribution is 7.90. The molecule has 33 heavy (non-hydrogen) atoms. The first-order valence-corrected chi connectivity index (χ1v) is 11.1. The first-order chi connectivity index (χ1) is 15.3. The van der Waals surface area contributed by atoms with Crippen LogP contribution in [0.2, 0.25) is 0 Å². The Morgan fingerprint density at radius 3 is 2.58 bits per heavy atom. The average molecular weight is 478 g/mol. The molecule has 0 radical (unpaired) electrons. The van der Waals surface area contributed by atoms with E-state index in [2.05, 4.69) is 20.9 Å². The number of hydrogen-bond donors (Lipinski definition) is 1. The second-order valence-corrected chi connectivity index (χ2v) is 9.98. The lowest BCUT2D eigenvalue weighted by atomic mass is 9.99. The minimum atomic E-state index is -4.17. The molecule has 0 aliphatic rings. The molecule has 0 fully saturated rings. The predicted molar refractivity (Wildman–Crippen MR) is 124 cm³/mol. The van der Waals surface area contributed by atoms with Gasteiger partial charge in [0.1, 0.15) is 16.3 Å². The zero-order valence-corrected chi connectivity index (χ0v) is 19.7. The summed E-state index contributed by atoms with van der Waals surface area (Å²) in [5.74, 6) is 0.702. The number of guanidine groups is 1. The van der Waals surface area contributed by atoms with Gasteiger partial charge in [-0.25, -0.2) is 31.5 Å². The van der Waals surface area contributed by atoms with Crippen LogP contribution in [0, 0.1) is 18.2 Å². The molecule has 176 valence electrons. The topological polar surface area (TPSA) is 111 Å². The van der Waals surface area contributed by atoms with Gasteiger partial charge in [-0.15, -0.1) is 6.42 Å². The van der Waals surface area contributed by atoms with Crippen LogP contribution in [0.4, 0.5) is 8.78 Å². The molecule has 2 rings (SSSR count). The highest BCUT2D eigenvalue weighted by Crippen LogP contribution is 2.34. The summed E-state index contributed by atoms with van der Waals surface area (Å²) in [6.45, 7) is 4.29. The quantitative estimate of drug-likeness (QED) is 0.373. The van der Waals surface area contributed by atoms with E-state index in [1.54, 1.807) is 6.92 Å². The Morgan fingerprint density at radius 2 is 2.03 bits per heavy atom. The smallest absolute Gasteiger partial charge is 0.246 e. The zero-order valence-electron chi connectivity index (χ0n) is 18.9. The molecule has 0 saturated heterocycles. The Morgan fingerprint density at radius 1 is 1.36 bits per heavy atom. The second kappa shape index (κ2) is 9.95. The second-order valence-electron chi connectivity index (χ2n) is 7.46. The minimum Gasteiger partial charge on any atom is -0.460 e. The Bertz CT molecular complexity index is 1220. The number of aliphatic imine (C=N–C) groups is 1. The lowest BCUT2D eigenvalue weighted by Gasteiger charge is -2.31. The SMILES string of the molecule is C#C[C@H](C)Oc1cnc(/C(F)=C/c2ccc(F)c(C(C)(C)S(=O)(=O)N(C)C(N)=NC)c2)cn1. The molecule has 0 bridgehead atoms. The van der Waals surface area contributed by atoms with Crippen molar-refractivity contribution < 1.29 is 21.9 Å². The van der Waals surface area contributed by atoms with E-state index >= 15 is 0 Å². The number of hydrogen-bond acceptors (Lipinski definition) is 6. The first-order valence-electron chi connectivity index (χ1n) is 9.68. The van der Waals surface area contributed by atoms with Crippen LogP contribution in [0.3, 0.4) is 0 Å². The molecule has 0 saturated carbocycles. The summed E-state index contributed by atoms with van der Waals surface area (Å²) >= 11 is 0. The molecule has 1 atom stereocenters. The number of terminal acetylenes is 1. The van der Waals surface area contributed by atoms with Gasteiger partial charge in [0.15, 0.2) is 11.9 Å². The normalized spacial score (nSPS) is 13.9. The Balaban J connectivity index is 2.42. The molecule has 1 heterocycles. The van der Waals surface area contributed by atoms with Gasteiger partial charge in [-0.1, -0.05) is 12.0 Å². The van der Waals surface area contributed by atoms with Gasteiger partial charge in [-0.3, -0.25) is 4.99 Å². The molecule has 8 nitrogen and oxygen atoms in total. The van der Waals surface area contributed by atoms with Crippen LogP contribution in [0.25, 0.3) is 11.9 Å².